The van der Waals surface area contributed by atoms with Crippen molar-refractivity contribution < 1.29 is 4.74 Å². The normalized spacial score (nSPS) is 11.2. The Kier molecular flexibility index (Phi) is 21.9. The van der Waals surface area contributed by atoms with Crippen molar-refractivity contribution in [3.05, 3.63) is 0 Å². The second-order valence-corrected chi connectivity index (χ2v) is 7.27. The molecule has 0 aromatic rings. The molecule has 0 aliphatic carbocycles. The van der Waals surface area contributed by atoms with Crippen molar-refractivity contribution in [1.82, 2.24) is 0 Å². The molecule has 0 heterocycles. The van der Waals surface area contributed by atoms with Gasteiger partial charge in [-0.2, -0.15) is 0 Å². The summed E-state index contributed by atoms with van der Waals surface area (Å²) < 4.78 is 5.75. The molecule has 0 amide bonds. The first-order valence-corrected chi connectivity index (χ1v) is 11.0. The highest BCUT2D eigenvalue weighted by atomic mass is 16.5. The molecule has 0 aromatic carbocycles. The number of ether oxygens (including phenoxy) is 1. The Morgan fingerprint density at radius 2 is 0.609 bits per heavy atom. The minimum Gasteiger partial charge on any atom is -0.381 e. The van der Waals surface area contributed by atoms with Crippen molar-refractivity contribution in [2.24, 2.45) is 0 Å². The lowest BCUT2D eigenvalue weighted by Crippen LogP contribution is -1.97. The molecule has 0 saturated carbocycles. The molecule has 0 saturated heterocycles. The molecule has 0 radical (unpaired) electrons. The maximum absolute atomic E-state index is 5.75. The molecule has 0 atom stereocenters. The van der Waals surface area contributed by atoms with Gasteiger partial charge in [-0.3, -0.25) is 0 Å². The predicted octanol–water partition coefficient (Wildman–Crippen LogP) is 8.06. The van der Waals surface area contributed by atoms with Crippen molar-refractivity contribution >= 4 is 0 Å². The van der Waals surface area contributed by atoms with Gasteiger partial charge in [-0.1, -0.05) is 117 Å². The largest absolute Gasteiger partial charge is 0.381 e. The third kappa shape index (κ3) is 22.0. The molecule has 1 nitrogen and oxygen atoms in total. The average molecular weight is 327 g/mol. The van der Waals surface area contributed by atoms with Crippen LogP contribution < -0.4 is 0 Å². The summed E-state index contributed by atoms with van der Waals surface area (Å²) in [5.41, 5.74) is 0. The molecular weight excluding hydrogens is 280 g/mol. The summed E-state index contributed by atoms with van der Waals surface area (Å²) in [5.74, 6) is 0. The summed E-state index contributed by atoms with van der Waals surface area (Å²) in [4.78, 5) is 0. The van der Waals surface area contributed by atoms with Gasteiger partial charge in [0.25, 0.3) is 0 Å². The summed E-state index contributed by atoms with van der Waals surface area (Å²) >= 11 is 0. The standard InChI is InChI=1S/C22H46O/c1-3-5-7-9-11-13-15-17-19-21-23-22-20-18-16-14-12-10-8-6-4-2/h3-22H2,1-2H3. The Hall–Kier alpha value is -0.0400. The van der Waals surface area contributed by atoms with E-state index in [0.717, 1.165) is 13.2 Å². The lowest BCUT2D eigenvalue weighted by atomic mass is 10.1. The fourth-order valence-corrected chi connectivity index (χ4v) is 3.13. The first-order chi connectivity index (χ1) is 11.4. The van der Waals surface area contributed by atoms with Crippen LogP contribution in [0.2, 0.25) is 0 Å². The van der Waals surface area contributed by atoms with Gasteiger partial charge in [-0.15, -0.1) is 0 Å². The molecule has 0 unspecified atom stereocenters. The minimum absolute atomic E-state index is 0.993. The van der Waals surface area contributed by atoms with Gasteiger partial charge >= 0.3 is 0 Å². The smallest absolute Gasteiger partial charge is 0.0466 e. The van der Waals surface area contributed by atoms with E-state index in [1.807, 2.05) is 0 Å². The van der Waals surface area contributed by atoms with Crippen molar-refractivity contribution in [2.45, 2.75) is 129 Å². The van der Waals surface area contributed by atoms with Gasteiger partial charge < -0.3 is 4.74 Å². The van der Waals surface area contributed by atoms with Crippen LogP contribution in [0, 0.1) is 0 Å². The van der Waals surface area contributed by atoms with Crippen molar-refractivity contribution in [1.29, 1.82) is 0 Å². The van der Waals surface area contributed by atoms with Crippen molar-refractivity contribution in [3.63, 3.8) is 0 Å². The van der Waals surface area contributed by atoms with Crippen LogP contribution in [-0.2, 0) is 4.74 Å². The number of hydrogen-bond acceptors (Lipinski definition) is 1. The van der Waals surface area contributed by atoms with Gasteiger partial charge in [0.1, 0.15) is 0 Å². The Balaban J connectivity index is 2.92. The third-order valence-electron chi connectivity index (χ3n) is 4.78. The third-order valence-corrected chi connectivity index (χ3v) is 4.78. The zero-order valence-corrected chi connectivity index (χ0v) is 16.6. The van der Waals surface area contributed by atoms with Crippen LogP contribution in [0.25, 0.3) is 0 Å². The first kappa shape index (κ1) is 23.0. The van der Waals surface area contributed by atoms with Gasteiger partial charge in [0.05, 0.1) is 0 Å². The van der Waals surface area contributed by atoms with E-state index in [9.17, 15) is 0 Å². The van der Waals surface area contributed by atoms with E-state index < -0.39 is 0 Å². The van der Waals surface area contributed by atoms with Gasteiger partial charge in [0.15, 0.2) is 0 Å². The van der Waals surface area contributed by atoms with Gasteiger partial charge in [-0.05, 0) is 12.8 Å². The molecule has 0 N–H and O–H groups in total. The Morgan fingerprint density at radius 3 is 0.913 bits per heavy atom. The van der Waals surface area contributed by atoms with E-state index >= 15 is 0 Å². The summed E-state index contributed by atoms with van der Waals surface area (Å²) in [6.45, 7) is 6.56. The van der Waals surface area contributed by atoms with Gasteiger partial charge in [0, 0.05) is 13.2 Å². The second kappa shape index (κ2) is 22.0. The maximum atomic E-state index is 5.75. The minimum atomic E-state index is 0.993. The van der Waals surface area contributed by atoms with E-state index in [2.05, 4.69) is 13.8 Å². The lowest BCUT2D eigenvalue weighted by molar-refractivity contribution is 0.125. The van der Waals surface area contributed by atoms with Crippen LogP contribution >= 0.6 is 0 Å². The van der Waals surface area contributed by atoms with E-state index in [-0.39, 0.29) is 0 Å². The highest BCUT2D eigenvalue weighted by Crippen LogP contribution is 2.11. The van der Waals surface area contributed by atoms with Crippen LogP contribution in [0.3, 0.4) is 0 Å². The molecule has 0 bridgehead atoms. The maximum Gasteiger partial charge on any atom is 0.0466 e. The SMILES string of the molecule is CCCCCCCCCCCOCCCCCCCCCCC. The van der Waals surface area contributed by atoms with E-state index in [1.165, 1.54) is 116 Å². The summed E-state index contributed by atoms with van der Waals surface area (Å²) in [7, 11) is 0. The molecule has 0 fully saturated rings. The zero-order chi connectivity index (χ0) is 16.8. The molecule has 140 valence electrons. The molecule has 0 rings (SSSR count). The fourth-order valence-electron chi connectivity index (χ4n) is 3.13. The van der Waals surface area contributed by atoms with Crippen LogP contribution in [0.4, 0.5) is 0 Å². The molecule has 23 heavy (non-hydrogen) atoms. The molecule has 0 aliphatic rings. The fraction of sp³-hybridized carbons (Fsp3) is 1.00. The van der Waals surface area contributed by atoms with Gasteiger partial charge in [0.2, 0.25) is 0 Å². The van der Waals surface area contributed by atoms with Gasteiger partial charge in [-0.25, -0.2) is 0 Å². The zero-order valence-electron chi connectivity index (χ0n) is 16.6. The molecule has 0 aromatic heterocycles. The van der Waals surface area contributed by atoms with Crippen LogP contribution in [0.5, 0.6) is 0 Å². The number of unbranched alkanes of at least 4 members (excludes halogenated alkanes) is 16. The molecule has 0 aliphatic heterocycles. The quantitative estimate of drug-likeness (QED) is 0.205. The van der Waals surface area contributed by atoms with E-state index in [1.54, 1.807) is 0 Å². The highest BCUT2D eigenvalue weighted by Gasteiger charge is 1.94. The summed E-state index contributed by atoms with van der Waals surface area (Å²) in [6.07, 6.45) is 25.2. The monoisotopic (exact) mass is 326 g/mol. The van der Waals surface area contributed by atoms with Crippen LogP contribution in [0.15, 0.2) is 0 Å². The summed E-state index contributed by atoms with van der Waals surface area (Å²) in [5, 5.41) is 0. The highest BCUT2D eigenvalue weighted by molar-refractivity contribution is 4.48. The van der Waals surface area contributed by atoms with E-state index in [4.69, 9.17) is 4.74 Å². The number of hydrogen-bond donors (Lipinski definition) is 0. The Bertz CT molecular complexity index is 170. The second-order valence-electron chi connectivity index (χ2n) is 7.27. The van der Waals surface area contributed by atoms with Crippen LogP contribution in [0.1, 0.15) is 129 Å². The predicted molar refractivity (Wildman–Crippen MR) is 105 cm³/mol. The lowest BCUT2D eigenvalue weighted by Gasteiger charge is -2.05. The van der Waals surface area contributed by atoms with Crippen molar-refractivity contribution in [3.8, 4) is 0 Å². The van der Waals surface area contributed by atoms with Crippen LogP contribution in [-0.4, -0.2) is 13.2 Å². The molecule has 0 spiro atoms. The Morgan fingerprint density at radius 1 is 0.348 bits per heavy atom. The first-order valence-electron chi connectivity index (χ1n) is 11.0. The average Bonchev–Trinajstić information content (AvgIpc) is 2.57. The van der Waals surface area contributed by atoms with E-state index in [0.29, 0.717) is 0 Å². The number of rotatable bonds is 20. The summed E-state index contributed by atoms with van der Waals surface area (Å²) in [6, 6.07) is 0. The topological polar surface area (TPSA) is 9.23 Å². The van der Waals surface area contributed by atoms with Crippen molar-refractivity contribution in [2.75, 3.05) is 13.2 Å². The Labute approximate surface area is 148 Å². The molecular formula is C22H46O. The molecule has 1 heteroatoms.